The van der Waals surface area contributed by atoms with E-state index in [2.05, 4.69) is 23.0 Å². The van der Waals surface area contributed by atoms with E-state index >= 15 is 0 Å². The van der Waals surface area contributed by atoms with E-state index in [4.69, 9.17) is 19.3 Å². The van der Waals surface area contributed by atoms with Gasteiger partial charge in [0, 0.05) is 37.7 Å². The summed E-state index contributed by atoms with van der Waals surface area (Å²) < 4.78 is 21.1. The molecule has 0 saturated carbocycles. The van der Waals surface area contributed by atoms with Crippen LogP contribution in [0, 0.1) is 6.92 Å². The van der Waals surface area contributed by atoms with Gasteiger partial charge in [0.2, 0.25) is 0 Å². The monoisotopic (exact) mass is 467 g/mol. The van der Waals surface area contributed by atoms with E-state index in [-0.39, 0.29) is 17.9 Å². The summed E-state index contributed by atoms with van der Waals surface area (Å²) in [5.41, 5.74) is 3.89. The highest BCUT2D eigenvalue weighted by Crippen LogP contribution is 2.38. The molecule has 2 aromatic heterocycles. The van der Waals surface area contributed by atoms with Crippen LogP contribution in [0.4, 0.5) is 5.69 Å². The van der Waals surface area contributed by atoms with Gasteiger partial charge in [-0.15, -0.1) is 0 Å². The molecule has 5 rings (SSSR count). The van der Waals surface area contributed by atoms with Crippen molar-refractivity contribution in [2.24, 2.45) is 7.05 Å². The van der Waals surface area contributed by atoms with Crippen molar-refractivity contribution in [2.45, 2.75) is 52.4 Å². The molecule has 0 amide bonds. The van der Waals surface area contributed by atoms with Crippen LogP contribution in [-0.2, 0) is 16.5 Å². The molecular weight excluding hydrogens is 434 g/mol. The smallest absolute Gasteiger partial charge is 0.290 e. The number of rotatable bonds is 5. The van der Waals surface area contributed by atoms with Crippen LogP contribution in [0.15, 0.2) is 23.0 Å². The maximum Gasteiger partial charge on any atom is 0.290 e. The third kappa shape index (κ3) is 4.18. The first kappa shape index (κ1) is 22.9. The molecule has 3 aromatic rings. The second-order valence-corrected chi connectivity index (χ2v) is 9.31. The fourth-order valence-corrected chi connectivity index (χ4v) is 4.82. The Balaban J connectivity index is 1.70. The van der Waals surface area contributed by atoms with Gasteiger partial charge in [0.15, 0.2) is 6.23 Å². The van der Waals surface area contributed by atoms with Crippen LogP contribution in [0.25, 0.3) is 22.3 Å². The number of hydrogen-bond acceptors (Lipinski definition) is 7. The summed E-state index contributed by atoms with van der Waals surface area (Å²) in [4.78, 5) is 15.0. The lowest BCUT2D eigenvalue weighted by Crippen LogP contribution is -2.40. The molecular formula is C25H33N5O4. The third-order valence-electron chi connectivity index (χ3n) is 6.51. The topological polar surface area (TPSA) is 83.6 Å². The van der Waals surface area contributed by atoms with E-state index in [1.807, 2.05) is 30.7 Å². The Kier molecular flexibility index (Phi) is 6.31. The number of morpholine rings is 1. The summed E-state index contributed by atoms with van der Waals surface area (Å²) in [5, 5.41) is 10.6. The molecule has 0 aliphatic carbocycles. The Hall–Kier alpha value is -2.91. The van der Waals surface area contributed by atoms with Crippen LogP contribution in [-0.4, -0.2) is 58.6 Å². The Labute approximate surface area is 199 Å². The van der Waals surface area contributed by atoms with Gasteiger partial charge < -0.3 is 19.1 Å². The molecule has 1 aromatic carbocycles. The van der Waals surface area contributed by atoms with Gasteiger partial charge in [-0.25, -0.2) is 9.36 Å². The SMILES string of the molecule is Cc1c(OC(C)C)ccc2c1c(-c1cc(N3CCOCC3)c(=O)n(C)n1)nn2C1CCCCO1. The van der Waals surface area contributed by atoms with E-state index in [1.54, 1.807) is 7.05 Å². The number of aryl methyl sites for hydroxylation is 2. The molecule has 9 nitrogen and oxygen atoms in total. The number of ether oxygens (including phenoxy) is 3. The average Bonchev–Trinajstić information content (AvgIpc) is 3.24. The van der Waals surface area contributed by atoms with Crippen LogP contribution < -0.4 is 15.2 Å². The normalized spacial score (nSPS) is 19.2. The van der Waals surface area contributed by atoms with Crippen molar-refractivity contribution >= 4 is 16.6 Å². The van der Waals surface area contributed by atoms with E-state index in [0.717, 1.165) is 53.8 Å². The van der Waals surface area contributed by atoms with Crippen LogP contribution in [0.1, 0.15) is 44.9 Å². The van der Waals surface area contributed by atoms with Crippen molar-refractivity contribution < 1.29 is 14.2 Å². The lowest BCUT2D eigenvalue weighted by atomic mass is 10.1. The van der Waals surface area contributed by atoms with Crippen molar-refractivity contribution in [1.82, 2.24) is 19.6 Å². The quantitative estimate of drug-likeness (QED) is 0.568. The number of nitrogens with zero attached hydrogens (tertiary/aromatic N) is 5. The average molecular weight is 468 g/mol. The van der Waals surface area contributed by atoms with Gasteiger partial charge in [-0.2, -0.15) is 10.2 Å². The molecule has 2 aliphatic heterocycles. The Morgan fingerprint density at radius 1 is 1.12 bits per heavy atom. The fourth-order valence-electron chi connectivity index (χ4n) is 4.82. The van der Waals surface area contributed by atoms with Gasteiger partial charge in [-0.3, -0.25) is 4.79 Å². The Morgan fingerprint density at radius 3 is 2.62 bits per heavy atom. The minimum atomic E-state index is -0.120. The molecule has 2 saturated heterocycles. The van der Waals surface area contributed by atoms with Crippen molar-refractivity contribution in [3.05, 3.63) is 34.1 Å². The van der Waals surface area contributed by atoms with Gasteiger partial charge in [0.25, 0.3) is 5.56 Å². The highest BCUT2D eigenvalue weighted by Gasteiger charge is 2.26. The van der Waals surface area contributed by atoms with Gasteiger partial charge >= 0.3 is 0 Å². The fraction of sp³-hybridized carbons (Fsp3) is 0.560. The molecule has 4 heterocycles. The van der Waals surface area contributed by atoms with Gasteiger partial charge in [0.1, 0.15) is 22.8 Å². The van der Waals surface area contributed by atoms with E-state index < -0.39 is 0 Å². The lowest BCUT2D eigenvalue weighted by Gasteiger charge is -2.28. The van der Waals surface area contributed by atoms with Gasteiger partial charge in [-0.05, 0) is 58.2 Å². The summed E-state index contributed by atoms with van der Waals surface area (Å²) in [7, 11) is 1.69. The summed E-state index contributed by atoms with van der Waals surface area (Å²) >= 11 is 0. The second-order valence-electron chi connectivity index (χ2n) is 9.31. The van der Waals surface area contributed by atoms with Crippen LogP contribution >= 0.6 is 0 Å². The molecule has 34 heavy (non-hydrogen) atoms. The number of fused-ring (bicyclic) bond motifs is 1. The molecule has 9 heteroatoms. The maximum absolute atomic E-state index is 13.0. The molecule has 2 aliphatic rings. The van der Waals surface area contributed by atoms with Crippen molar-refractivity contribution in [3.8, 4) is 17.1 Å². The lowest BCUT2D eigenvalue weighted by molar-refractivity contribution is -0.0365. The largest absolute Gasteiger partial charge is 0.491 e. The summed E-state index contributed by atoms with van der Waals surface area (Å²) in [6.45, 7) is 9.39. The number of benzene rings is 1. The van der Waals surface area contributed by atoms with Gasteiger partial charge in [-0.1, -0.05) is 0 Å². The van der Waals surface area contributed by atoms with Crippen molar-refractivity contribution in [2.75, 3.05) is 37.8 Å². The van der Waals surface area contributed by atoms with Crippen molar-refractivity contribution in [3.63, 3.8) is 0 Å². The molecule has 2 fully saturated rings. The second kappa shape index (κ2) is 9.38. The molecule has 0 bridgehead atoms. The molecule has 0 radical (unpaired) electrons. The van der Waals surface area contributed by atoms with E-state index in [1.165, 1.54) is 4.68 Å². The first-order valence-electron chi connectivity index (χ1n) is 12.2. The van der Waals surface area contributed by atoms with Crippen LogP contribution in [0.5, 0.6) is 5.75 Å². The summed E-state index contributed by atoms with van der Waals surface area (Å²) in [6, 6.07) is 5.94. The maximum atomic E-state index is 13.0. The predicted octanol–water partition coefficient (Wildman–Crippen LogP) is 3.43. The number of hydrogen-bond donors (Lipinski definition) is 0. The zero-order valence-electron chi connectivity index (χ0n) is 20.4. The number of aromatic nitrogens is 4. The third-order valence-corrected chi connectivity index (χ3v) is 6.51. The first-order valence-corrected chi connectivity index (χ1v) is 12.2. The molecule has 1 unspecified atom stereocenters. The zero-order chi connectivity index (χ0) is 23.8. The molecule has 0 spiro atoms. The molecule has 0 N–H and O–H groups in total. The van der Waals surface area contributed by atoms with Crippen LogP contribution in [0.3, 0.4) is 0 Å². The van der Waals surface area contributed by atoms with Crippen LogP contribution in [0.2, 0.25) is 0 Å². The van der Waals surface area contributed by atoms with Crippen molar-refractivity contribution in [1.29, 1.82) is 0 Å². The molecule has 1 atom stereocenters. The summed E-state index contributed by atoms with van der Waals surface area (Å²) in [5.74, 6) is 0.825. The molecule has 182 valence electrons. The minimum Gasteiger partial charge on any atom is -0.491 e. The predicted molar refractivity (Wildman–Crippen MR) is 131 cm³/mol. The highest BCUT2D eigenvalue weighted by molar-refractivity contribution is 5.96. The standard InChI is InChI=1S/C25H33N5O4/c1-16(2)34-21-9-8-19-23(17(21)3)24(27-30(19)22-7-5-6-12-33-22)18-15-20(25(31)28(4)26-18)29-10-13-32-14-11-29/h8-9,15-16,22H,5-7,10-14H2,1-4H3. The Morgan fingerprint density at radius 2 is 1.91 bits per heavy atom. The van der Waals surface area contributed by atoms with E-state index in [0.29, 0.717) is 37.7 Å². The minimum absolute atomic E-state index is 0.0555. The van der Waals surface area contributed by atoms with Gasteiger partial charge in [0.05, 0.1) is 24.8 Å². The first-order chi connectivity index (χ1) is 16.4. The number of anilines is 1. The Bertz CT molecular complexity index is 1240. The zero-order valence-corrected chi connectivity index (χ0v) is 20.4. The summed E-state index contributed by atoms with van der Waals surface area (Å²) in [6.07, 6.45) is 3.03. The highest BCUT2D eigenvalue weighted by atomic mass is 16.5. The van der Waals surface area contributed by atoms with E-state index in [9.17, 15) is 4.79 Å².